The van der Waals surface area contributed by atoms with Crippen molar-refractivity contribution in [2.45, 2.75) is 13.0 Å². The maximum absolute atomic E-state index is 10.3. The van der Waals surface area contributed by atoms with Crippen molar-refractivity contribution in [1.82, 2.24) is 4.98 Å². The van der Waals surface area contributed by atoms with E-state index in [0.29, 0.717) is 21.5 Å². The number of carboxylic acids is 1. The molecule has 0 fully saturated rings. The molecule has 1 aromatic carbocycles. The Morgan fingerprint density at radius 2 is 1.88 bits per heavy atom. The van der Waals surface area contributed by atoms with Gasteiger partial charge >= 0.3 is 29.6 Å². The van der Waals surface area contributed by atoms with Crippen LogP contribution in [0, 0.1) is 0 Å². The van der Waals surface area contributed by atoms with Crippen LogP contribution in [0.3, 0.4) is 0 Å². The average Bonchev–Trinajstić information content (AvgIpc) is 2.50. The average molecular weight is 376 g/mol. The molecule has 0 aliphatic carbocycles. The summed E-state index contributed by atoms with van der Waals surface area (Å²) in [5.41, 5.74) is 0. The second-order valence-electron chi connectivity index (χ2n) is 4.52. The monoisotopic (exact) mass is 375 g/mol. The van der Waals surface area contributed by atoms with Gasteiger partial charge in [0, 0.05) is 6.20 Å². The van der Waals surface area contributed by atoms with Gasteiger partial charge in [0.1, 0.15) is 22.6 Å². The normalized spacial score (nSPS) is 11.6. The first-order chi connectivity index (χ1) is 10.9. The van der Waals surface area contributed by atoms with Crippen LogP contribution in [0.1, 0.15) is 6.92 Å². The van der Waals surface area contributed by atoms with Crippen LogP contribution in [0.15, 0.2) is 48.7 Å². The number of rotatable bonds is 6. The molecule has 0 spiro atoms. The number of aliphatic carboxylic acids is 1. The van der Waals surface area contributed by atoms with Gasteiger partial charge in [-0.2, -0.15) is 0 Å². The van der Waals surface area contributed by atoms with Gasteiger partial charge in [0.15, 0.2) is 0 Å². The van der Waals surface area contributed by atoms with Crippen LogP contribution >= 0.6 is 23.2 Å². The first kappa shape index (κ1) is 20.8. The molecule has 1 atom stereocenters. The van der Waals surface area contributed by atoms with Crippen LogP contribution in [0.25, 0.3) is 0 Å². The van der Waals surface area contributed by atoms with Crippen molar-refractivity contribution in [3.05, 3.63) is 58.7 Å². The van der Waals surface area contributed by atoms with E-state index < -0.39 is 12.1 Å². The summed E-state index contributed by atoms with van der Waals surface area (Å²) in [4.78, 5) is 14.3. The number of aromatic nitrogens is 1. The predicted molar refractivity (Wildman–Crippen MR) is 85.0 cm³/mol. The molecule has 0 aliphatic heterocycles. The molecule has 0 bridgehead atoms. The molecule has 0 aliphatic rings. The van der Waals surface area contributed by atoms with Gasteiger partial charge in [-0.05, 0) is 49.4 Å². The summed E-state index contributed by atoms with van der Waals surface area (Å²) in [7, 11) is 0. The van der Waals surface area contributed by atoms with E-state index in [1.165, 1.54) is 18.3 Å². The third-order valence-electron chi connectivity index (χ3n) is 2.64. The van der Waals surface area contributed by atoms with E-state index >= 15 is 0 Å². The Morgan fingerprint density at radius 1 is 1.25 bits per heavy atom. The van der Waals surface area contributed by atoms with Gasteiger partial charge in [0.2, 0.25) is 5.88 Å². The predicted octanol–water partition coefficient (Wildman–Crippen LogP) is 0.258. The van der Waals surface area contributed by atoms with Gasteiger partial charge in [-0.3, -0.25) is 0 Å². The van der Waals surface area contributed by atoms with E-state index in [-0.39, 0.29) is 35.4 Å². The van der Waals surface area contributed by atoms with Crippen molar-refractivity contribution < 1.29 is 48.9 Å². The molecular weight excluding hydrogens is 364 g/mol. The second kappa shape index (κ2) is 9.91. The number of hydrogen-bond donors (Lipinski definition) is 0. The summed E-state index contributed by atoms with van der Waals surface area (Å²) in [6.07, 6.45) is 3.34. The fourth-order valence-electron chi connectivity index (χ4n) is 1.64. The fraction of sp³-hybridized carbons (Fsp3) is 0.125. The Hall–Kier alpha value is -1.24. The summed E-state index contributed by atoms with van der Waals surface area (Å²) in [5.74, 6) is 0.0570. The first-order valence-electron chi connectivity index (χ1n) is 6.59. The van der Waals surface area contributed by atoms with E-state index in [1.807, 2.05) is 0 Å². The van der Waals surface area contributed by atoms with Crippen molar-refractivity contribution in [2.75, 3.05) is 0 Å². The molecule has 5 nitrogen and oxygen atoms in total. The zero-order valence-electron chi connectivity index (χ0n) is 13.0. The number of carboxylic acid groups (broad SMARTS) is 1. The summed E-state index contributed by atoms with van der Waals surface area (Å²) in [6, 6.07) is 8.26. The van der Waals surface area contributed by atoms with Crippen LogP contribution in [0.2, 0.25) is 10.0 Å². The fourth-order valence-corrected chi connectivity index (χ4v) is 2.06. The van der Waals surface area contributed by atoms with Crippen LogP contribution in [-0.2, 0) is 4.79 Å². The maximum Gasteiger partial charge on any atom is 1.00 e. The maximum atomic E-state index is 10.3. The number of benzene rings is 1. The van der Waals surface area contributed by atoms with Gasteiger partial charge in [-0.15, -0.1) is 0 Å². The molecule has 1 unspecified atom stereocenters. The van der Waals surface area contributed by atoms with E-state index in [9.17, 15) is 9.90 Å². The molecule has 1 aromatic heterocycles. The van der Waals surface area contributed by atoms with E-state index in [1.54, 1.807) is 31.2 Å². The van der Waals surface area contributed by atoms with E-state index in [0.717, 1.165) is 6.08 Å². The number of carbonyl (C=O) groups is 1. The van der Waals surface area contributed by atoms with Crippen molar-refractivity contribution >= 4 is 29.2 Å². The molecule has 0 N–H and O–H groups in total. The van der Waals surface area contributed by atoms with Crippen molar-refractivity contribution in [1.29, 1.82) is 0 Å². The minimum absolute atomic E-state index is 0. The number of nitrogens with zero attached hydrogens (tertiary/aromatic N) is 1. The molecule has 0 radical (unpaired) electrons. The van der Waals surface area contributed by atoms with Crippen LogP contribution in [-0.4, -0.2) is 17.1 Å². The van der Waals surface area contributed by atoms with Gasteiger partial charge in [0.05, 0.1) is 11.0 Å². The molecule has 1 heterocycles. The molecule has 2 aromatic rings. The van der Waals surface area contributed by atoms with Crippen molar-refractivity contribution in [2.24, 2.45) is 0 Å². The van der Waals surface area contributed by atoms with Gasteiger partial charge in [0.25, 0.3) is 0 Å². The number of ether oxygens (including phenoxy) is 2. The molecular formula is C16H12Cl2NNaO4. The zero-order chi connectivity index (χ0) is 16.8. The van der Waals surface area contributed by atoms with E-state index in [2.05, 4.69) is 4.98 Å². The smallest absolute Gasteiger partial charge is 0.545 e. The molecule has 0 saturated carbocycles. The molecule has 0 amide bonds. The van der Waals surface area contributed by atoms with Gasteiger partial charge in [-0.25, -0.2) is 4.98 Å². The van der Waals surface area contributed by atoms with E-state index in [4.69, 9.17) is 32.7 Å². The number of hydrogen-bond acceptors (Lipinski definition) is 5. The largest absolute Gasteiger partial charge is 1.00 e. The summed E-state index contributed by atoms with van der Waals surface area (Å²) < 4.78 is 11.1. The van der Waals surface area contributed by atoms with Crippen LogP contribution in [0.4, 0.5) is 0 Å². The summed E-state index contributed by atoms with van der Waals surface area (Å²) in [5, 5.41) is 11.1. The molecule has 8 heteroatoms. The van der Waals surface area contributed by atoms with Crippen LogP contribution < -0.4 is 44.1 Å². The van der Waals surface area contributed by atoms with Gasteiger partial charge in [-0.1, -0.05) is 23.2 Å². The number of halogens is 2. The Labute approximate surface area is 171 Å². The third-order valence-corrected chi connectivity index (χ3v) is 3.12. The molecule has 0 saturated heterocycles. The Balaban J connectivity index is 0.00000288. The number of carbonyl (C=O) groups excluding carboxylic acids is 1. The van der Waals surface area contributed by atoms with Gasteiger partial charge < -0.3 is 19.4 Å². The molecule has 24 heavy (non-hydrogen) atoms. The van der Waals surface area contributed by atoms with Crippen LogP contribution in [0.5, 0.6) is 17.4 Å². The topological polar surface area (TPSA) is 71.5 Å². The Morgan fingerprint density at radius 3 is 2.46 bits per heavy atom. The summed E-state index contributed by atoms with van der Waals surface area (Å²) >= 11 is 11.8. The SMILES string of the molecule is CC(C=CC(=O)[O-])Oc1ccc(Oc2ncc(Cl)cc2Cl)cc1.[Na+]. The Bertz CT molecular complexity index is 723. The zero-order valence-corrected chi connectivity index (χ0v) is 16.5. The number of pyridine rings is 1. The minimum atomic E-state index is -1.27. The second-order valence-corrected chi connectivity index (χ2v) is 5.36. The van der Waals surface area contributed by atoms with Crippen molar-refractivity contribution in [3.63, 3.8) is 0 Å². The standard InChI is InChI=1S/C16H13Cl2NO4.Na/c1-10(2-7-15(20)21)22-12-3-5-13(6-4-12)23-16-14(18)8-11(17)9-19-16;/h2-10H,1H3,(H,20,21);/q;+1/p-1. The first-order valence-corrected chi connectivity index (χ1v) is 7.34. The minimum Gasteiger partial charge on any atom is -0.545 e. The molecule has 120 valence electrons. The quantitative estimate of drug-likeness (QED) is 0.534. The molecule has 2 rings (SSSR count). The van der Waals surface area contributed by atoms with Crippen molar-refractivity contribution in [3.8, 4) is 17.4 Å². The Kier molecular flexibility index (Phi) is 8.59. The summed E-state index contributed by atoms with van der Waals surface area (Å²) in [6.45, 7) is 1.71. The third kappa shape index (κ3) is 6.71.